The van der Waals surface area contributed by atoms with Crippen LogP contribution in [0.4, 0.5) is 11.4 Å². The van der Waals surface area contributed by atoms with Crippen molar-refractivity contribution < 1.29 is 19.1 Å². The molecule has 9 heteroatoms. The van der Waals surface area contributed by atoms with Crippen LogP contribution in [0.1, 0.15) is 6.42 Å². The summed E-state index contributed by atoms with van der Waals surface area (Å²) in [5.41, 5.74) is 0.990. The van der Waals surface area contributed by atoms with Crippen LogP contribution in [0.15, 0.2) is 42.5 Å². The highest BCUT2D eigenvalue weighted by Gasteiger charge is 2.25. The summed E-state index contributed by atoms with van der Waals surface area (Å²) in [7, 11) is 0. The van der Waals surface area contributed by atoms with Gasteiger partial charge in [0.2, 0.25) is 11.8 Å². The van der Waals surface area contributed by atoms with Crippen LogP contribution in [0.25, 0.3) is 0 Å². The fraction of sp³-hybridized carbons (Fsp3) is 0.211. The number of hydrogen-bond donors (Lipinski definition) is 2. The van der Waals surface area contributed by atoms with Gasteiger partial charge in [-0.1, -0.05) is 35.3 Å². The number of benzene rings is 2. The molecule has 0 unspecified atom stereocenters. The van der Waals surface area contributed by atoms with E-state index in [9.17, 15) is 14.4 Å². The Hall–Kier alpha value is -2.77. The fourth-order valence-electron chi connectivity index (χ4n) is 2.67. The summed E-state index contributed by atoms with van der Waals surface area (Å²) in [6.45, 7) is -0.108. The number of fused-ring (bicyclic) bond motifs is 1. The van der Waals surface area contributed by atoms with Crippen molar-refractivity contribution in [3.05, 3.63) is 52.5 Å². The zero-order valence-corrected chi connectivity index (χ0v) is 16.2. The number of anilines is 2. The van der Waals surface area contributed by atoms with Gasteiger partial charge in [-0.05, 0) is 30.3 Å². The monoisotopic (exact) mass is 421 g/mol. The Morgan fingerprint density at radius 1 is 1.11 bits per heavy atom. The number of amides is 3. The van der Waals surface area contributed by atoms with Gasteiger partial charge in [-0.2, -0.15) is 0 Å². The van der Waals surface area contributed by atoms with Crippen molar-refractivity contribution in [3.8, 4) is 5.75 Å². The minimum Gasteiger partial charge on any atom is -0.482 e. The quantitative estimate of drug-likeness (QED) is 0.750. The van der Waals surface area contributed by atoms with Gasteiger partial charge in [0, 0.05) is 18.0 Å². The van der Waals surface area contributed by atoms with Gasteiger partial charge >= 0.3 is 0 Å². The largest absolute Gasteiger partial charge is 0.482 e. The van der Waals surface area contributed by atoms with E-state index < -0.39 is 5.91 Å². The molecule has 2 N–H and O–H groups in total. The van der Waals surface area contributed by atoms with Crippen molar-refractivity contribution in [2.45, 2.75) is 6.42 Å². The van der Waals surface area contributed by atoms with Crippen molar-refractivity contribution in [3.63, 3.8) is 0 Å². The average Bonchev–Trinajstić information content (AvgIpc) is 2.68. The molecule has 7 nitrogen and oxygen atoms in total. The summed E-state index contributed by atoms with van der Waals surface area (Å²) < 4.78 is 5.36. The van der Waals surface area contributed by atoms with E-state index in [4.69, 9.17) is 27.9 Å². The summed E-state index contributed by atoms with van der Waals surface area (Å²) in [5, 5.41) is 5.87. The molecular weight excluding hydrogens is 405 g/mol. The Bertz CT molecular complexity index is 920. The highest BCUT2D eigenvalue weighted by Crippen LogP contribution is 2.31. The van der Waals surface area contributed by atoms with Gasteiger partial charge in [-0.25, -0.2) is 0 Å². The zero-order valence-electron chi connectivity index (χ0n) is 14.7. The normalized spacial score (nSPS) is 12.8. The van der Waals surface area contributed by atoms with Crippen LogP contribution >= 0.6 is 23.2 Å². The summed E-state index contributed by atoms with van der Waals surface area (Å²) in [4.78, 5) is 37.7. The molecule has 1 aliphatic heterocycles. The zero-order chi connectivity index (χ0) is 20.1. The first kappa shape index (κ1) is 20.0. The van der Waals surface area contributed by atoms with Gasteiger partial charge in [-0.3, -0.25) is 14.4 Å². The van der Waals surface area contributed by atoms with Gasteiger partial charge in [0.15, 0.2) is 6.61 Å². The molecule has 146 valence electrons. The number of nitrogens with one attached hydrogen (secondary N) is 2. The second-order valence-electron chi connectivity index (χ2n) is 6.00. The molecule has 0 saturated carbocycles. The Kier molecular flexibility index (Phi) is 6.38. The predicted molar refractivity (Wildman–Crippen MR) is 107 cm³/mol. The van der Waals surface area contributed by atoms with Crippen molar-refractivity contribution in [1.29, 1.82) is 0 Å². The number of rotatable bonds is 6. The highest BCUT2D eigenvalue weighted by molar-refractivity contribution is 6.35. The van der Waals surface area contributed by atoms with Gasteiger partial charge in [0.25, 0.3) is 5.91 Å². The SMILES string of the molecule is O=C(CCN1C(=O)COc2ccccc21)NCC(=O)Nc1cc(Cl)ccc1Cl. The number of carbonyl (C=O) groups excluding carboxylic acids is 3. The molecule has 1 heterocycles. The standard InChI is InChI=1S/C19H17Cl2N3O4/c20-12-5-6-13(21)14(9-12)23-18(26)10-22-17(25)7-8-24-15-3-1-2-4-16(15)28-11-19(24)27/h1-6,9H,7-8,10-11H2,(H,22,25)(H,23,26). The lowest BCUT2D eigenvalue weighted by Crippen LogP contribution is -2.41. The molecule has 2 aromatic rings. The van der Waals surface area contributed by atoms with Gasteiger partial charge < -0.3 is 20.3 Å². The molecule has 28 heavy (non-hydrogen) atoms. The maximum absolute atomic E-state index is 12.1. The van der Waals surface area contributed by atoms with Crippen LogP contribution in [0.5, 0.6) is 5.75 Å². The summed E-state index contributed by atoms with van der Waals surface area (Å²) in [5.74, 6) is -0.422. The molecule has 0 saturated heterocycles. The number of hydrogen-bond acceptors (Lipinski definition) is 4. The first-order valence-corrected chi connectivity index (χ1v) is 9.23. The molecule has 3 amide bonds. The number of para-hydroxylation sites is 2. The molecule has 0 radical (unpaired) electrons. The third-order valence-electron chi connectivity index (χ3n) is 4.02. The molecule has 0 aliphatic carbocycles. The highest BCUT2D eigenvalue weighted by atomic mass is 35.5. The number of ether oxygens (including phenoxy) is 1. The molecule has 2 aromatic carbocycles. The number of carbonyl (C=O) groups is 3. The topological polar surface area (TPSA) is 87.7 Å². The van der Waals surface area contributed by atoms with Crippen molar-refractivity contribution in [2.24, 2.45) is 0 Å². The maximum atomic E-state index is 12.1. The van der Waals surface area contributed by atoms with Crippen molar-refractivity contribution in [2.75, 3.05) is 29.9 Å². The molecule has 3 rings (SSSR count). The predicted octanol–water partition coefficient (Wildman–Crippen LogP) is 2.86. The van der Waals surface area contributed by atoms with Crippen LogP contribution in [-0.4, -0.2) is 37.4 Å². The van der Waals surface area contributed by atoms with E-state index >= 15 is 0 Å². The summed E-state index contributed by atoms with van der Waals surface area (Å²) in [6.07, 6.45) is 0.0469. The second-order valence-corrected chi connectivity index (χ2v) is 6.84. The Morgan fingerprint density at radius 2 is 1.89 bits per heavy atom. The average molecular weight is 422 g/mol. The lowest BCUT2D eigenvalue weighted by atomic mass is 10.2. The molecule has 1 aliphatic rings. The van der Waals surface area contributed by atoms with Crippen LogP contribution in [0.2, 0.25) is 10.0 Å². The smallest absolute Gasteiger partial charge is 0.265 e. The van der Waals surface area contributed by atoms with E-state index in [-0.39, 0.29) is 37.9 Å². The lowest BCUT2D eigenvalue weighted by Gasteiger charge is -2.29. The minimum absolute atomic E-state index is 0.0469. The molecule has 0 spiro atoms. The van der Waals surface area contributed by atoms with E-state index in [1.54, 1.807) is 30.3 Å². The summed E-state index contributed by atoms with van der Waals surface area (Å²) in [6, 6.07) is 11.8. The first-order chi connectivity index (χ1) is 13.4. The lowest BCUT2D eigenvalue weighted by molar-refractivity contribution is -0.124. The molecule has 0 aromatic heterocycles. The fourth-order valence-corrected chi connectivity index (χ4v) is 3.00. The molecule has 0 fully saturated rings. The van der Waals surface area contributed by atoms with Crippen LogP contribution in [0.3, 0.4) is 0 Å². The third-order valence-corrected chi connectivity index (χ3v) is 4.58. The Balaban J connectivity index is 1.49. The Labute approximate surface area is 171 Å². The third kappa shape index (κ3) is 4.94. The van der Waals surface area contributed by atoms with Crippen LogP contribution < -0.4 is 20.3 Å². The number of halogens is 2. The Morgan fingerprint density at radius 3 is 2.71 bits per heavy atom. The number of nitrogens with zero attached hydrogens (tertiary/aromatic N) is 1. The maximum Gasteiger partial charge on any atom is 0.265 e. The van der Waals surface area contributed by atoms with E-state index in [0.29, 0.717) is 27.2 Å². The van der Waals surface area contributed by atoms with Gasteiger partial charge in [0.05, 0.1) is 22.9 Å². The molecule has 0 atom stereocenters. The van der Waals surface area contributed by atoms with Crippen LogP contribution in [0, 0.1) is 0 Å². The molecule has 0 bridgehead atoms. The summed E-state index contributed by atoms with van der Waals surface area (Å²) >= 11 is 11.9. The minimum atomic E-state index is -0.440. The molecular formula is C19H17Cl2N3O4. The van der Waals surface area contributed by atoms with E-state index in [2.05, 4.69) is 10.6 Å². The van der Waals surface area contributed by atoms with E-state index in [1.807, 2.05) is 6.07 Å². The van der Waals surface area contributed by atoms with E-state index in [1.165, 1.54) is 11.0 Å². The van der Waals surface area contributed by atoms with E-state index in [0.717, 1.165) is 0 Å². The van der Waals surface area contributed by atoms with Gasteiger partial charge in [0.1, 0.15) is 5.75 Å². The van der Waals surface area contributed by atoms with Gasteiger partial charge in [-0.15, -0.1) is 0 Å². The van der Waals surface area contributed by atoms with Crippen LogP contribution in [-0.2, 0) is 14.4 Å². The first-order valence-electron chi connectivity index (χ1n) is 8.48. The van der Waals surface area contributed by atoms with Crippen molar-refractivity contribution in [1.82, 2.24) is 5.32 Å². The second kappa shape index (κ2) is 8.95. The van der Waals surface area contributed by atoms with Crippen molar-refractivity contribution >= 4 is 52.3 Å².